The molecular weight excluding hydrogens is 292 g/mol. The van der Waals surface area contributed by atoms with Crippen molar-refractivity contribution in [1.82, 2.24) is 24.6 Å². The second-order valence-corrected chi connectivity index (χ2v) is 6.21. The number of rotatable bonds is 4. The summed E-state index contributed by atoms with van der Waals surface area (Å²) in [4.78, 5) is 24.3. The zero-order valence-corrected chi connectivity index (χ0v) is 13.0. The van der Waals surface area contributed by atoms with Crippen LogP contribution in [0.4, 0.5) is 5.69 Å². The molecule has 0 N–H and O–H groups in total. The molecule has 120 valence electrons. The first-order chi connectivity index (χ1) is 11.3. The summed E-state index contributed by atoms with van der Waals surface area (Å²) in [5, 5.41) is 4.49. The molecule has 23 heavy (non-hydrogen) atoms. The zero-order chi connectivity index (χ0) is 15.6. The molecule has 2 aliphatic rings. The molecule has 2 aliphatic heterocycles. The number of carbonyl (C=O) groups is 1. The molecule has 7 heteroatoms. The Kier molecular flexibility index (Phi) is 3.78. The Morgan fingerprint density at radius 3 is 3.04 bits per heavy atom. The summed E-state index contributed by atoms with van der Waals surface area (Å²) in [6.07, 6.45) is 9.87. The number of nitrogens with zero attached hydrogens (tertiary/aromatic N) is 6. The van der Waals surface area contributed by atoms with Gasteiger partial charge in [-0.2, -0.15) is 5.10 Å². The minimum Gasteiger partial charge on any atom is -0.309 e. The Labute approximate surface area is 134 Å². The van der Waals surface area contributed by atoms with Crippen molar-refractivity contribution in [3.8, 4) is 0 Å². The van der Waals surface area contributed by atoms with Crippen LogP contribution in [-0.2, 0) is 11.3 Å². The van der Waals surface area contributed by atoms with Gasteiger partial charge in [0.25, 0.3) is 0 Å². The van der Waals surface area contributed by atoms with Crippen LogP contribution >= 0.6 is 0 Å². The molecule has 0 spiro atoms. The Balaban J connectivity index is 1.40. The van der Waals surface area contributed by atoms with Crippen LogP contribution < -0.4 is 4.90 Å². The maximum Gasteiger partial charge on any atom is 0.227 e. The van der Waals surface area contributed by atoms with Crippen LogP contribution in [0.3, 0.4) is 0 Å². The molecule has 4 rings (SSSR count). The normalized spacial score (nSPS) is 22.2. The number of anilines is 1. The minimum absolute atomic E-state index is 0.210. The van der Waals surface area contributed by atoms with Gasteiger partial charge in [0.1, 0.15) is 6.33 Å². The highest BCUT2D eigenvalue weighted by molar-refractivity contribution is 5.95. The Morgan fingerprint density at radius 1 is 1.30 bits per heavy atom. The Bertz CT molecular complexity index is 685. The van der Waals surface area contributed by atoms with Crippen LogP contribution in [0, 0.1) is 0 Å². The van der Waals surface area contributed by atoms with Crippen molar-refractivity contribution in [2.24, 2.45) is 0 Å². The van der Waals surface area contributed by atoms with Gasteiger partial charge in [-0.15, -0.1) is 0 Å². The van der Waals surface area contributed by atoms with Crippen LogP contribution in [-0.4, -0.2) is 50.2 Å². The predicted octanol–water partition coefficient (Wildman–Crippen LogP) is 1.25. The van der Waals surface area contributed by atoms with E-state index < -0.39 is 0 Å². The van der Waals surface area contributed by atoms with E-state index in [1.54, 1.807) is 12.5 Å². The van der Waals surface area contributed by atoms with Crippen molar-refractivity contribution >= 4 is 11.6 Å². The van der Waals surface area contributed by atoms with Gasteiger partial charge in [-0.25, -0.2) is 9.97 Å². The number of hydrogen-bond acceptors (Lipinski definition) is 5. The maximum atomic E-state index is 11.8. The molecule has 2 saturated heterocycles. The monoisotopic (exact) mass is 312 g/mol. The second-order valence-electron chi connectivity index (χ2n) is 6.21. The van der Waals surface area contributed by atoms with Crippen LogP contribution in [0.25, 0.3) is 0 Å². The van der Waals surface area contributed by atoms with Crippen LogP contribution in [0.15, 0.2) is 31.0 Å². The van der Waals surface area contributed by atoms with Gasteiger partial charge in [-0.3, -0.25) is 14.4 Å². The molecule has 0 bridgehead atoms. The van der Waals surface area contributed by atoms with Crippen molar-refractivity contribution in [2.45, 2.75) is 31.8 Å². The fourth-order valence-electron chi connectivity index (χ4n) is 3.40. The number of hydrogen-bond donors (Lipinski definition) is 0. The first-order valence-corrected chi connectivity index (χ1v) is 8.11. The lowest BCUT2D eigenvalue weighted by Crippen LogP contribution is -2.23. The van der Waals surface area contributed by atoms with E-state index in [1.807, 2.05) is 28.0 Å². The number of carbonyl (C=O) groups excluding carboxylic acids is 1. The number of likely N-dealkylation sites (tertiary alicyclic amines) is 1. The van der Waals surface area contributed by atoms with Gasteiger partial charge in [0.2, 0.25) is 5.91 Å². The van der Waals surface area contributed by atoms with E-state index in [4.69, 9.17) is 0 Å². The smallest absolute Gasteiger partial charge is 0.227 e. The van der Waals surface area contributed by atoms with Gasteiger partial charge < -0.3 is 4.90 Å². The third-order valence-corrected chi connectivity index (χ3v) is 4.62. The highest BCUT2D eigenvalue weighted by Gasteiger charge is 2.27. The molecule has 0 aromatic carbocycles. The summed E-state index contributed by atoms with van der Waals surface area (Å²) in [6, 6.07) is 2.32. The minimum atomic E-state index is 0.210. The van der Waals surface area contributed by atoms with E-state index in [2.05, 4.69) is 20.0 Å². The molecule has 2 aromatic heterocycles. The van der Waals surface area contributed by atoms with E-state index in [0.717, 1.165) is 50.4 Å². The fraction of sp³-hybridized carbons (Fsp3) is 0.500. The summed E-state index contributed by atoms with van der Waals surface area (Å²) >= 11 is 0. The van der Waals surface area contributed by atoms with Crippen molar-refractivity contribution in [3.63, 3.8) is 0 Å². The SMILES string of the molecule is O=C1CCCN1c1cnn(C2CCN(Cc3ccncn3)C2)c1. The molecule has 0 aliphatic carbocycles. The van der Waals surface area contributed by atoms with Crippen molar-refractivity contribution in [1.29, 1.82) is 0 Å². The lowest BCUT2D eigenvalue weighted by molar-refractivity contribution is -0.117. The first-order valence-electron chi connectivity index (χ1n) is 8.11. The predicted molar refractivity (Wildman–Crippen MR) is 84.8 cm³/mol. The summed E-state index contributed by atoms with van der Waals surface area (Å²) in [6.45, 7) is 3.65. The molecule has 7 nitrogen and oxygen atoms in total. The molecule has 2 fully saturated rings. The molecule has 1 amide bonds. The molecule has 1 unspecified atom stereocenters. The van der Waals surface area contributed by atoms with Gasteiger partial charge in [0.15, 0.2) is 0 Å². The zero-order valence-electron chi connectivity index (χ0n) is 13.0. The van der Waals surface area contributed by atoms with Crippen molar-refractivity contribution in [3.05, 3.63) is 36.7 Å². The Hall–Kier alpha value is -2.28. The fourth-order valence-corrected chi connectivity index (χ4v) is 3.40. The third kappa shape index (κ3) is 2.96. The van der Waals surface area contributed by atoms with Crippen molar-refractivity contribution in [2.75, 3.05) is 24.5 Å². The summed E-state index contributed by atoms with van der Waals surface area (Å²) in [7, 11) is 0. The quantitative estimate of drug-likeness (QED) is 0.850. The molecule has 4 heterocycles. The highest BCUT2D eigenvalue weighted by Crippen LogP contribution is 2.26. The van der Waals surface area contributed by atoms with Crippen LogP contribution in [0.2, 0.25) is 0 Å². The van der Waals surface area contributed by atoms with Crippen LogP contribution in [0.5, 0.6) is 0 Å². The molecule has 0 saturated carbocycles. The number of amides is 1. The van der Waals surface area contributed by atoms with E-state index in [9.17, 15) is 4.79 Å². The third-order valence-electron chi connectivity index (χ3n) is 4.62. The second kappa shape index (κ2) is 6.08. The van der Waals surface area contributed by atoms with Gasteiger partial charge >= 0.3 is 0 Å². The highest BCUT2D eigenvalue weighted by atomic mass is 16.2. The standard InChI is InChI=1S/C16H20N6O/c23-16-2-1-6-21(16)15-8-19-22(11-15)14-4-7-20(10-14)9-13-3-5-17-12-18-13/h3,5,8,11-12,14H,1-2,4,6-7,9-10H2. The van der Waals surface area contributed by atoms with E-state index >= 15 is 0 Å². The molecule has 1 atom stereocenters. The molecule has 2 aromatic rings. The molecule has 0 radical (unpaired) electrons. The lowest BCUT2D eigenvalue weighted by Gasteiger charge is -2.16. The van der Waals surface area contributed by atoms with Crippen molar-refractivity contribution < 1.29 is 4.79 Å². The summed E-state index contributed by atoms with van der Waals surface area (Å²) in [5.74, 6) is 0.210. The van der Waals surface area contributed by atoms with E-state index in [-0.39, 0.29) is 5.91 Å². The van der Waals surface area contributed by atoms with Crippen LogP contribution in [0.1, 0.15) is 31.0 Å². The average molecular weight is 312 g/mol. The van der Waals surface area contributed by atoms with Gasteiger partial charge in [-0.05, 0) is 18.9 Å². The summed E-state index contributed by atoms with van der Waals surface area (Å²) in [5.41, 5.74) is 1.98. The molecular formula is C16H20N6O. The van der Waals surface area contributed by atoms with E-state index in [1.165, 1.54) is 0 Å². The summed E-state index contributed by atoms with van der Waals surface area (Å²) < 4.78 is 2.01. The largest absolute Gasteiger partial charge is 0.309 e. The van der Waals surface area contributed by atoms with E-state index in [0.29, 0.717) is 12.5 Å². The van der Waals surface area contributed by atoms with Gasteiger partial charge in [-0.1, -0.05) is 0 Å². The first kappa shape index (κ1) is 14.3. The Morgan fingerprint density at radius 2 is 2.26 bits per heavy atom. The maximum absolute atomic E-state index is 11.8. The van der Waals surface area contributed by atoms with Gasteiger partial charge in [0, 0.05) is 45.0 Å². The topological polar surface area (TPSA) is 67.2 Å². The number of aromatic nitrogens is 4. The average Bonchev–Trinajstić information content (AvgIpc) is 3.28. The van der Waals surface area contributed by atoms with Gasteiger partial charge in [0.05, 0.1) is 23.6 Å². The lowest BCUT2D eigenvalue weighted by atomic mass is 10.3.